The Morgan fingerprint density at radius 3 is 2.50 bits per heavy atom. The van der Waals surface area contributed by atoms with E-state index in [0.717, 1.165) is 11.3 Å². The first-order chi connectivity index (χ1) is 9.60. The highest BCUT2D eigenvalue weighted by Crippen LogP contribution is 2.21. The molecule has 0 aliphatic rings. The molecule has 2 rings (SSSR count). The zero-order chi connectivity index (χ0) is 14.5. The summed E-state index contributed by atoms with van der Waals surface area (Å²) in [5.74, 6) is 0. The quantitative estimate of drug-likeness (QED) is 0.891. The molecular formula is C17H18N2O. The van der Waals surface area contributed by atoms with Crippen LogP contribution in [-0.2, 0) is 0 Å². The summed E-state index contributed by atoms with van der Waals surface area (Å²) in [6.45, 7) is 3.96. The van der Waals surface area contributed by atoms with Crippen molar-refractivity contribution >= 4 is 5.69 Å². The Balaban J connectivity index is 2.10. The Labute approximate surface area is 119 Å². The molecule has 2 N–H and O–H groups in total. The molecule has 0 aliphatic heterocycles. The maximum atomic E-state index is 10.4. The second-order valence-electron chi connectivity index (χ2n) is 4.98. The van der Waals surface area contributed by atoms with Gasteiger partial charge in [0.15, 0.2) is 0 Å². The predicted octanol–water partition coefficient (Wildman–Crippen LogP) is 3.40. The number of aliphatic hydroxyl groups is 1. The molecule has 0 radical (unpaired) electrons. The number of nitrogens with one attached hydrogen (secondary N) is 1. The Hall–Kier alpha value is -2.31. The summed E-state index contributed by atoms with van der Waals surface area (Å²) in [6.07, 6.45) is -0.662. The lowest BCUT2D eigenvalue weighted by Gasteiger charge is -2.22. The van der Waals surface area contributed by atoms with Crippen LogP contribution in [0.1, 0.15) is 29.7 Å². The lowest BCUT2D eigenvalue weighted by molar-refractivity contribution is 0.160. The minimum absolute atomic E-state index is 0.147. The number of anilines is 1. The molecule has 0 bridgehead atoms. The van der Waals surface area contributed by atoms with Gasteiger partial charge >= 0.3 is 0 Å². The van der Waals surface area contributed by atoms with Crippen molar-refractivity contribution in [2.24, 2.45) is 0 Å². The van der Waals surface area contributed by atoms with E-state index in [1.807, 2.05) is 44.2 Å². The van der Waals surface area contributed by atoms with E-state index < -0.39 is 6.10 Å². The fraction of sp³-hybridized carbons (Fsp3) is 0.235. The predicted molar refractivity (Wildman–Crippen MR) is 80.4 cm³/mol. The second-order valence-corrected chi connectivity index (χ2v) is 4.98. The highest BCUT2D eigenvalue weighted by molar-refractivity contribution is 5.46. The molecule has 0 aliphatic carbocycles. The molecular weight excluding hydrogens is 248 g/mol. The number of nitriles is 1. The molecule has 0 saturated carbocycles. The molecule has 0 aromatic heterocycles. The molecule has 3 heteroatoms. The number of rotatable bonds is 4. The van der Waals surface area contributed by atoms with Crippen LogP contribution in [0.25, 0.3) is 0 Å². The second kappa shape index (κ2) is 6.23. The highest BCUT2D eigenvalue weighted by Gasteiger charge is 2.16. The number of nitrogens with zero attached hydrogens (tertiary/aromatic N) is 1. The Kier molecular flexibility index (Phi) is 4.39. The summed E-state index contributed by atoms with van der Waals surface area (Å²) >= 11 is 0. The third-order valence-corrected chi connectivity index (χ3v) is 3.28. The average molecular weight is 266 g/mol. The van der Waals surface area contributed by atoms with Crippen LogP contribution < -0.4 is 5.32 Å². The molecule has 0 amide bonds. The van der Waals surface area contributed by atoms with Crippen LogP contribution in [0.15, 0.2) is 48.5 Å². The smallest absolute Gasteiger partial charge is 0.0991 e. The van der Waals surface area contributed by atoms with Crippen molar-refractivity contribution in [3.05, 3.63) is 65.2 Å². The summed E-state index contributed by atoms with van der Waals surface area (Å²) < 4.78 is 0. The van der Waals surface area contributed by atoms with Crippen LogP contribution in [0, 0.1) is 18.3 Å². The zero-order valence-corrected chi connectivity index (χ0v) is 11.7. The topological polar surface area (TPSA) is 56.0 Å². The van der Waals surface area contributed by atoms with Crippen LogP contribution in [0.2, 0.25) is 0 Å². The molecule has 0 saturated heterocycles. The van der Waals surface area contributed by atoms with Crippen molar-refractivity contribution in [2.45, 2.75) is 26.0 Å². The fourth-order valence-corrected chi connectivity index (χ4v) is 2.07. The van der Waals surface area contributed by atoms with E-state index in [1.165, 1.54) is 5.56 Å². The molecule has 2 atom stereocenters. The van der Waals surface area contributed by atoms with Gasteiger partial charge in [-0.15, -0.1) is 0 Å². The minimum atomic E-state index is -0.662. The van der Waals surface area contributed by atoms with E-state index >= 15 is 0 Å². The summed E-state index contributed by atoms with van der Waals surface area (Å²) in [5, 5.41) is 22.5. The molecule has 3 nitrogen and oxygen atoms in total. The summed E-state index contributed by atoms with van der Waals surface area (Å²) in [4.78, 5) is 0. The van der Waals surface area contributed by atoms with Gasteiger partial charge in [0.1, 0.15) is 0 Å². The first-order valence-corrected chi connectivity index (χ1v) is 6.61. The maximum absolute atomic E-state index is 10.4. The van der Waals surface area contributed by atoms with E-state index in [9.17, 15) is 5.11 Å². The number of aryl methyl sites for hydroxylation is 1. The fourth-order valence-electron chi connectivity index (χ4n) is 2.07. The van der Waals surface area contributed by atoms with Crippen molar-refractivity contribution in [2.75, 3.05) is 5.32 Å². The highest BCUT2D eigenvalue weighted by atomic mass is 16.3. The monoisotopic (exact) mass is 266 g/mol. The van der Waals surface area contributed by atoms with Gasteiger partial charge in [-0.3, -0.25) is 0 Å². The molecule has 2 aromatic carbocycles. The lowest BCUT2D eigenvalue weighted by Crippen LogP contribution is -2.24. The van der Waals surface area contributed by atoms with Gasteiger partial charge in [0, 0.05) is 5.69 Å². The van der Waals surface area contributed by atoms with E-state index in [0.29, 0.717) is 5.56 Å². The van der Waals surface area contributed by atoms with Gasteiger partial charge in [-0.05, 0) is 43.7 Å². The molecule has 0 fully saturated rings. The molecule has 2 aromatic rings. The van der Waals surface area contributed by atoms with Crippen molar-refractivity contribution in [3.63, 3.8) is 0 Å². The Morgan fingerprint density at radius 2 is 1.85 bits per heavy atom. The average Bonchev–Trinajstić information content (AvgIpc) is 2.48. The van der Waals surface area contributed by atoms with Crippen molar-refractivity contribution < 1.29 is 5.11 Å². The molecule has 2 unspecified atom stereocenters. The van der Waals surface area contributed by atoms with Crippen molar-refractivity contribution in [3.8, 4) is 6.07 Å². The molecule has 0 heterocycles. The van der Waals surface area contributed by atoms with Gasteiger partial charge in [-0.1, -0.05) is 29.8 Å². The van der Waals surface area contributed by atoms with Gasteiger partial charge < -0.3 is 10.4 Å². The van der Waals surface area contributed by atoms with E-state index in [2.05, 4.69) is 11.4 Å². The van der Waals surface area contributed by atoms with Crippen molar-refractivity contribution in [1.82, 2.24) is 0 Å². The largest absolute Gasteiger partial charge is 0.386 e. The zero-order valence-electron chi connectivity index (χ0n) is 11.7. The van der Waals surface area contributed by atoms with Crippen LogP contribution in [0.5, 0.6) is 0 Å². The minimum Gasteiger partial charge on any atom is -0.386 e. The van der Waals surface area contributed by atoms with Gasteiger partial charge in [-0.2, -0.15) is 5.26 Å². The van der Waals surface area contributed by atoms with Crippen molar-refractivity contribution in [1.29, 1.82) is 5.26 Å². The standard InChI is InChI=1S/C17H18N2O/c1-12-6-8-16(9-7-12)19-13(2)17(20)15-5-3-4-14(10-15)11-18/h3-10,13,17,19-20H,1-2H3. The Morgan fingerprint density at radius 1 is 1.15 bits per heavy atom. The maximum Gasteiger partial charge on any atom is 0.0991 e. The first-order valence-electron chi connectivity index (χ1n) is 6.61. The third-order valence-electron chi connectivity index (χ3n) is 3.28. The van der Waals surface area contributed by atoms with E-state index in [1.54, 1.807) is 18.2 Å². The molecule has 102 valence electrons. The third kappa shape index (κ3) is 3.37. The lowest BCUT2D eigenvalue weighted by atomic mass is 10.0. The number of hydrogen-bond donors (Lipinski definition) is 2. The Bertz CT molecular complexity index is 614. The van der Waals surface area contributed by atoms with Crippen LogP contribution >= 0.6 is 0 Å². The van der Waals surface area contributed by atoms with Gasteiger partial charge in [-0.25, -0.2) is 0 Å². The van der Waals surface area contributed by atoms with Crippen LogP contribution in [-0.4, -0.2) is 11.1 Å². The summed E-state index contributed by atoms with van der Waals surface area (Å²) in [6, 6.07) is 17.0. The van der Waals surface area contributed by atoms with Gasteiger partial charge in [0.25, 0.3) is 0 Å². The molecule has 20 heavy (non-hydrogen) atoms. The molecule has 0 spiro atoms. The van der Waals surface area contributed by atoms with Gasteiger partial charge in [0.2, 0.25) is 0 Å². The summed E-state index contributed by atoms with van der Waals surface area (Å²) in [5.41, 5.74) is 3.48. The van der Waals surface area contributed by atoms with E-state index in [-0.39, 0.29) is 6.04 Å². The number of benzene rings is 2. The van der Waals surface area contributed by atoms with Gasteiger partial charge in [0.05, 0.1) is 23.8 Å². The van der Waals surface area contributed by atoms with Crippen LogP contribution in [0.3, 0.4) is 0 Å². The summed E-state index contributed by atoms with van der Waals surface area (Å²) in [7, 11) is 0. The normalized spacial score (nSPS) is 13.3. The number of hydrogen-bond acceptors (Lipinski definition) is 3. The van der Waals surface area contributed by atoms with Crippen LogP contribution in [0.4, 0.5) is 5.69 Å². The number of aliphatic hydroxyl groups excluding tert-OH is 1. The first kappa shape index (κ1) is 14.1. The SMILES string of the molecule is Cc1ccc(NC(C)C(O)c2cccc(C#N)c2)cc1. The van der Waals surface area contributed by atoms with E-state index in [4.69, 9.17) is 5.26 Å².